The number of anilines is 1. The highest BCUT2D eigenvalue weighted by atomic mass is 32.1. The zero-order valence-electron chi connectivity index (χ0n) is 17.0. The van der Waals surface area contributed by atoms with E-state index in [9.17, 15) is 14.4 Å². The van der Waals surface area contributed by atoms with E-state index in [0.717, 1.165) is 46.0 Å². The molecular formula is C21H24N4O4S. The van der Waals surface area contributed by atoms with Gasteiger partial charge in [0.15, 0.2) is 5.13 Å². The summed E-state index contributed by atoms with van der Waals surface area (Å²) in [6, 6.07) is 7.02. The Kier molecular flexibility index (Phi) is 5.46. The molecule has 1 aliphatic carbocycles. The first-order valence-electron chi connectivity index (χ1n) is 9.98. The van der Waals surface area contributed by atoms with Gasteiger partial charge in [0.25, 0.3) is 5.91 Å². The number of nitrogens with zero attached hydrogens (tertiary/aromatic N) is 2. The molecule has 9 heteroatoms. The van der Waals surface area contributed by atoms with E-state index in [0.29, 0.717) is 18.0 Å². The average Bonchev–Trinajstić information content (AvgIpc) is 3.21. The quantitative estimate of drug-likeness (QED) is 0.712. The Bertz CT molecular complexity index is 979. The van der Waals surface area contributed by atoms with E-state index < -0.39 is 17.5 Å². The van der Waals surface area contributed by atoms with Crippen LogP contribution in [0.25, 0.3) is 11.3 Å². The van der Waals surface area contributed by atoms with Gasteiger partial charge in [-0.3, -0.25) is 14.5 Å². The number of carbonyl (C=O) groups is 3. The van der Waals surface area contributed by atoms with E-state index in [1.165, 1.54) is 11.3 Å². The lowest BCUT2D eigenvalue weighted by atomic mass is 9.82. The SMILES string of the molecule is COc1ccc(-c2nc(NC(=O)CN3C(=O)NC4(CCCCC4)C3=O)sc2C)cc1. The number of imide groups is 1. The molecule has 1 aromatic carbocycles. The molecule has 2 fully saturated rings. The molecule has 1 aliphatic heterocycles. The van der Waals surface area contributed by atoms with Crippen molar-refractivity contribution in [2.75, 3.05) is 19.0 Å². The minimum absolute atomic E-state index is 0.295. The van der Waals surface area contributed by atoms with Gasteiger partial charge < -0.3 is 15.4 Å². The van der Waals surface area contributed by atoms with Gasteiger partial charge in [-0.05, 0) is 44.0 Å². The van der Waals surface area contributed by atoms with Crippen LogP contribution in [0.4, 0.5) is 9.93 Å². The van der Waals surface area contributed by atoms with Gasteiger partial charge in [-0.2, -0.15) is 0 Å². The number of ether oxygens (including phenoxy) is 1. The standard InChI is InChI=1S/C21H24N4O4S/c1-13-17(14-6-8-15(29-2)9-7-14)23-19(30-13)22-16(26)12-25-18(27)21(24-20(25)28)10-4-3-5-11-21/h6-9H,3-5,10-12H2,1-2H3,(H,24,28)(H,22,23,26). The van der Waals surface area contributed by atoms with Crippen LogP contribution in [0.3, 0.4) is 0 Å². The monoisotopic (exact) mass is 428 g/mol. The number of aromatic nitrogens is 1. The number of benzene rings is 1. The third-order valence-corrected chi connectivity index (χ3v) is 6.55. The van der Waals surface area contributed by atoms with E-state index in [2.05, 4.69) is 15.6 Å². The number of rotatable bonds is 5. The molecule has 30 heavy (non-hydrogen) atoms. The van der Waals surface area contributed by atoms with Crippen LogP contribution < -0.4 is 15.4 Å². The summed E-state index contributed by atoms with van der Waals surface area (Å²) in [6.45, 7) is 1.61. The topological polar surface area (TPSA) is 101 Å². The van der Waals surface area contributed by atoms with Crippen LogP contribution in [0.1, 0.15) is 37.0 Å². The lowest BCUT2D eigenvalue weighted by Gasteiger charge is -2.30. The number of aryl methyl sites for hydroxylation is 1. The molecule has 8 nitrogen and oxygen atoms in total. The number of hydrogen-bond donors (Lipinski definition) is 2. The van der Waals surface area contributed by atoms with Crippen LogP contribution in [-0.2, 0) is 9.59 Å². The number of methoxy groups -OCH3 is 1. The minimum Gasteiger partial charge on any atom is -0.497 e. The lowest BCUT2D eigenvalue weighted by molar-refractivity contribution is -0.134. The fourth-order valence-corrected chi connectivity index (χ4v) is 4.94. The van der Waals surface area contributed by atoms with E-state index in [1.54, 1.807) is 7.11 Å². The molecule has 1 aromatic heterocycles. The highest BCUT2D eigenvalue weighted by molar-refractivity contribution is 7.16. The van der Waals surface area contributed by atoms with Crippen LogP contribution in [0.15, 0.2) is 24.3 Å². The van der Waals surface area contributed by atoms with Gasteiger partial charge in [0, 0.05) is 10.4 Å². The zero-order valence-corrected chi connectivity index (χ0v) is 17.8. The van der Waals surface area contributed by atoms with Gasteiger partial charge in [-0.15, -0.1) is 11.3 Å². The van der Waals surface area contributed by atoms with E-state index in [4.69, 9.17) is 4.74 Å². The molecule has 0 atom stereocenters. The average molecular weight is 429 g/mol. The number of nitrogens with one attached hydrogen (secondary N) is 2. The summed E-state index contributed by atoms with van der Waals surface area (Å²) in [7, 11) is 1.61. The molecule has 2 aromatic rings. The second-order valence-corrected chi connectivity index (χ2v) is 8.87. The van der Waals surface area contributed by atoms with Crippen molar-refractivity contribution in [1.29, 1.82) is 0 Å². The summed E-state index contributed by atoms with van der Waals surface area (Å²) in [5.41, 5.74) is 0.863. The molecule has 2 N–H and O–H groups in total. The Hall–Kier alpha value is -2.94. The van der Waals surface area contributed by atoms with Gasteiger partial charge in [-0.1, -0.05) is 19.3 Å². The minimum atomic E-state index is -0.824. The van der Waals surface area contributed by atoms with Crippen LogP contribution in [0.5, 0.6) is 5.75 Å². The molecule has 2 aliphatic rings. The molecule has 0 bridgehead atoms. The number of urea groups is 1. The van der Waals surface area contributed by atoms with E-state index in [1.807, 2.05) is 31.2 Å². The molecule has 1 saturated carbocycles. The normalized spacial score (nSPS) is 17.9. The van der Waals surface area contributed by atoms with Crippen LogP contribution >= 0.6 is 11.3 Å². The molecule has 2 heterocycles. The largest absolute Gasteiger partial charge is 0.497 e. The maximum atomic E-state index is 12.8. The third-order valence-electron chi connectivity index (χ3n) is 5.66. The van der Waals surface area contributed by atoms with Crippen molar-refractivity contribution in [2.24, 2.45) is 0 Å². The van der Waals surface area contributed by atoms with Crippen molar-refractivity contribution in [3.63, 3.8) is 0 Å². The number of amides is 4. The van der Waals surface area contributed by atoms with E-state index in [-0.39, 0.29) is 12.5 Å². The van der Waals surface area contributed by atoms with Gasteiger partial charge >= 0.3 is 6.03 Å². The first kappa shape index (κ1) is 20.3. The van der Waals surface area contributed by atoms with Crippen molar-refractivity contribution in [3.8, 4) is 17.0 Å². The van der Waals surface area contributed by atoms with Crippen molar-refractivity contribution in [1.82, 2.24) is 15.2 Å². The highest BCUT2D eigenvalue weighted by Crippen LogP contribution is 2.34. The molecule has 4 rings (SSSR count). The molecule has 0 radical (unpaired) electrons. The zero-order chi connectivity index (χ0) is 21.3. The number of carbonyl (C=O) groups excluding carboxylic acids is 3. The van der Waals surface area contributed by atoms with Gasteiger partial charge in [0.05, 0.1) is 12.8 Å². The van der Waals surface area contributed by atoms with Crippen molar-refractivity contribution in [3.05, 3.63) is 29.1 Å². The van der Waals surface area contributed by atoms with Gasteiger partial charge in [0.2, 0.25) is 5.91 Å². The predicted molar refractivity (Wildman–Crippen MR) is 114 cm³/mol. The molecule has 1 saturated heterocycles. The molecule has 1 spiro atoms. The number of hydrogen-bond acceptors (Lipinski definition) is 6. The first-order chi connectivity index (χ1) is 14.4. The summed E-state index contributed by atoms with van der Waals surface area (Å²) >= 11 is 1.35. The molecule has 158 valence electrons. The maximum Gasteiger partial charge on any atom is 0.325 e. The second-order valence-electron chi connectivity index (χ2n) is 7.66. The smallest absolute Gasteiger partial charge is 0.325 e. The Balaban J connectivity index is 1.43. The van der Waals surface area contributed by atoms with E-state index >= 15 is 0 Å². The highest BCUT2D eigenvalue weighted by Gasteiger charge is 2.51. The summed E-state index contributed by atoms with van der Waals surface area (Å²) in [5, 5.41) is 5.97. The predicted octanol–water partition coefficient (Wildman–Crippen LogP) is 3.32. The van der Waals surface area contributed by atoms with Gasteiger partial charge in [0.1, 0.15) is 17.8 Å². The summed E-state index contributed by atoms with van der Waals surface area (Å²) in [5.74, 6) is 0.0161. The fraction of sp³-hybridized carbons (Fsp3) is 0.429. The maximum absolute atomic E-state index is 12.8. The number of thiazole rings is 1. The van der Waals surface area contributed by atoms with Crippen molar-refractivity contribution in [2.45, 2.75) is 44.6 Å². The van der Waals surface area contributed by atoms with Crippen molar-refractivity contribution < 1.29 is 19.1 Å². The Morgan fingerprint density at radius 1 is 1.23 bits per heavy atom. The Morgan fingerprint density at radius 3 is 2.60 bits per heavy atom. The summed E-state index contributed by atoms with van der Waals surface area (Å²) in [4.78, 5) is 44.2. The Labute approximate surface area is 178 Å². The first-order valence-corrected chi connectivity index (χ1v) is 10.8. The fourth-order valence-electron chi connectivity index (χ4n) is 4.08. The molecular weight excluding hydrogens is 404 g/mol. The lowest BCUT2D eigenvalue weighted by Crippen LogP contribution is -2.48. The second kappa shape index (κ2) is 8.06. The van der Waals surface area contributed by atoms with Crippen LogP contribution in [0, 0.1) is 6.92 Å². The summed E-state index contributed by atoms with van der Waals surface area (Å²) in [6.07, 6.45) is 4.13. The van der Waals surface area contributed by atoms with Crippen LogP contribution in [-0.4, -0.2) is 46.9 Å². The van der Waals surface area contributed by atoms with Gasteiger partial charge in [-0.25, -0.2) is 9.78 Å². The molecule has 0 unspecified atom stereocenters. The Morgan fingerprint density at radius 2 is 1.93 bits per heavy atom. The molecule has 4 amide bonds. The van der Waals surface area contributed by atoms with Crippen LogP contribution in [0.2, 0.25) is 0 Å². The van der Waals surface area contributed by atoms with Crippen molar-refractivity contribution >= 4 is 34.3 Å². The summed E-state index contributed by atoms with van der Waals surface area (Å²) < 4.78 is 5.18. The third kappa shape index (κ3) is 3.77.